The third kappa shape index (κ3) is 2.52. The Labute approximate surface area is 86.1 Å². The van der Waals surface area contributed by atoms with Crippen molar-refractivity contribution < 1.29 is 8.81 Å². The van der Waals surface area contributed by atoms with E-state index < -0.39 is 0 Å². The van der Waals surface area contributed by atoms with E-state index in [1.165, 1.54) is 12.1 Å². The second-order valence-electron chi connectivity index (χ2n) is 3.08. The normalized spacial score (nSPS) is 10.3. The van der Waals surface area contributed by atoms with Gasteiger partial charge in [-0.3, -0.25) is 0 Å². The van der Waals surface area contributed by atoms with Crippen molar-refractivity contribution in [2.75, 3.05) is 5.32 Å². The van der Waals surface area contributed by atoms with E-state index in [-0.39, 0.29) is 5.82 Å². The van der Waals surface area contributed by atoms with Crippen LogP contribution in [-0.4, -0.2) is 10.2 Å². The van der Waals surface area contributed by atoms with Crippen LogP contribution in [0.2, 0.25) is 0 Å². The van der Waals surface area contributed by atoms with Gasteiger partial charge in [-0.15, -0.1) is 10.2 Å². The number of anilines is 1. The van der Waals surface area contributed by atoms with Crippen LogP contribution in [0.15, 0.2) is 28.7 Å². The van der Waals surface area contributed by atoms with E-state index in [2.05, 4.69) is 15.5 Å². The summed E-state index contributed by atoms with van der Waals surface area (Å²) in [5, 5.41) is 10.5. The first-order valence-electron chi connectivity index (χ1n) is 4.52. The number of aryl methyl sites for hydroxylation is 1. The van der Waals surface area contributed by atoms with Crippen molar-refractivity contribution in [3.8, 4) is 0 Å². The number of hydrogen-bond acceptors (Lipinski definition) is 4. The van der Waals surface area contributed by atoms with Crippen molar-refractivity contribution in [3.63, 3.8) is 0 Å². The van der Waals surface area contributed by atoms with E-state index in [4.69, 9.17) is 4.42 Å². The van der Waals surface area contributed by atoms with E-state index in [1.54, 1.807) is 19.1 Å². The van der Waals surface area contributed by atoms with E-state index in [0.717, 1.165) is 0 Å². The Kier molecular flexibility index (Phi) is 2.62. The van der Waals surface area contributed by atoms with Crippen LogP contribution in [0, 0.1) is 12.7 Å². The zero-order chi connectivity index (χ0) is 10.7. The van der Waals surface area contributed by atoms with Gasteiger partial charge in [0.25, 0.3) is 0 Å². The Morgan fingerprint density at radius 3 is 2.93 bits per heavy atom. The fraction of sp³-hybridized carbons (Fsp3) is 0.200. The van der Waals surface area contributed by atoms with Crippen molar-refractivity contribution in [3.05, 3.63) is 41.9 Å². The van der Waals surface area contributed by atoms with Crippen molar-refractivity contribution in [1.82, 2.24) is 10.2 Å². The van der Waals surface area contributed by atoms with Crippen LogP contribution in [0.3, 0.4) is 0 Å². The molecular formula is C10H10FN3O. The molecule has 0 fully saturated rings. The van der Waals surface area contributed by atoms with E-state index in [0.29, 0.717) is 24.0 Å². The monoisotopic (exact) mass is 207 g/mol. The Balaban J connectivity index is 1.99. The molecule has 0 aliphatic heterocycles. The molecule has 15 heavy (non-hydrogen) atoms. The number of rotatable bonds is 3. The highest BCUT2D eigenvalue weighted by molar-refractivity contribution is 5.42. The van der Waals surface area contributed by atoms with Crippen molar-refractivity contribution in [2.45, 2.75) is 13.5 Å². The number of nitrogens with zero attached hydrogens (tertiary/aromatic N) is 2. The minimum Gasteiger partial charge on any atom is -0.424 e. The molecule has 2 aromatic rings. The molecule has 0 aliphatic rings. The van der Waals surface area contributed by atoms with Gasteiger partial charge in [-0.2, -0.15) is 0 Å². The topological polar surface area (TPSA) is 51.0 Å². The lowest BCUT2D eigenvalue weighted by Gasteiger charge is -2.02. The zero-order valence-corrected chi connectivity index (χ0v) is 8.20. The minimum absolute atomic E-state index is 0.276. The van der Waals surface area contributed by atoms with Crippen LogP contribution in [-0.2, 0) is 6.54 Å². The Morgan fingerprint density at radius 1 is 1.40 bits per heavy atom. The summed E-state index contributed by atoms with van der Waals surface area (Å²) < 4.78 is 18.0. The standard InChI is InChI=1S/C10H10FN3O/c1-7-13-14-10(15-7)6-12-9-4-2-3-8(11)5-9/h2-5,12H,6H2,1H3. The molecular weight excluding hydrogens is 197 g/mol. The van der Waals surface area contributed by atoms with Gasteiger partial charge in [0.15, 0.2) is 0 Å². The highest BCUT2D eigenvalue weighted by Gasteiger charge is 2.01. The molecule has 0 aliphatic carbocycles. The first kappa shape index (κ1) is 9.64. The minimum atomic E-state index is -0.276. The molecule has 0 radical (unpaired) electrons. The molecule has 1 heterocycles. The number of hydrogen-bond donors (Lipinski definition) is 1. The van der Waals surface area contributed by atoms with Gasteiger partial charge in [0, 0.05) is 12.6 Å². The molecule has 0 atom stereocenters. The van der Waals surface area contributed by atoms with Crippen LogP contribution in [0.25, 0.3) is 0 Å². The van der Waals surface area contributed by atoms with Gasteiger partial charge in [-0.1, -0.05) is 6.07 Å². The molecule has 0 saturated heterocycles. The summed E-state index contributed by atoms with van der Waals surface area (Å²) in [6, 6.07) is 6.20. The summed E-state index contributed by atoms with van der Waals surface area (Å²) in [6.45, 7) is 2.11. The summed E-state index contributed by atoms with van der Waals surface area (Å²) in [6.07, 6.45) is 0. The van der Waals surface area contributed by atoms with Crippen LogP contribution < -0.4 is 5.32 Å². The van der Waals surface area contributed by atoms with Gasteiger partial charge >= 0.3 is 0 Å². The summed E-state index contributed by atoms with van der Waals surface area (Å²) in [5.41, 5.74) is 0.686. The summed E-state index contributed by atoms with van der Waals surface area (Å²) >= 11 is 0. The molecule has 5 heteroatoms. The molecule has 0 amide bonds. The van der Waals surface area contributed by atoms with Gasteiger partial charge in [-0.25, -0.2) is 4.39 Å². The summed E-state index contributed by atoms with van der Waals surface area (Å²) in [5.74, 6) is 0.726. The number of halogens is 1. The third-order valence-electron chi connectivity index (χ3n) is 1.84. The molecule has 1 aromatic heterocycles. The highest BCUT2D eigenvalue weighted by Crippen LogP contribution is 2.10. The maximum absolute atomic E-state index is 12.8. The van der Waals surface area contributed by atoms with Gasteiger partial charge in [0.2, 0.25) is 11.8 Å². The van der Waals surface area contributed by atoms with Crippen LogP contribution in [0.1, 0.15) is 11.8 Å². The van der Waals surface area contributed by atoms with Crippen LogP contribution >= 0.6 is 0 Å². The van der Waals surface area contributed by atoms with E-state index >= 15 is 0 Å². The van der Waals surface area contributed by atoms with Gasteiger partial charge in [0.05, 0.1) is 6.54 Å². The first-order chi connectivity index (χ1) is 7.24. The van der Waals surface area contributed by atoms with Gasteiger partial charge in [0.1, 0.15) is 5.82 Å². The predicted octanol–water partition coefficient (Wildman–Crippen LogP) is 2.13. The molecule has 0 bridgehead atoms. The molecule has 2 rings (SSSR count). The number of benzene rings is 1. The smallest absolute Gasteiger partial charge is 0.235 e. The highest BCUT2D eigenvalue weighted by atomic mass is 19.1. The first-order valence-corrected chi connectivity index (χ1v) is 4.52. The lowest BCUT2D eigenvalue weighted by Crippen LogP contribution is -1.99. The number of aromatic nitrogens is 2. The third-order valence-corrected chi connectivity index (χ3v) is 1.84. The van der Waals surface area contributed by atoms with E-state index in [1.807, 2.05) is 0 Å². The number of nitrogens with one attached hydrogen (secondary N) is 1. The van der Waals surface area contributed by atoms with Gasteiger partial charge < -0.3 is 9.73 Å². The van der Waals surface area contributed by atoms with E-state index in [9.17, 15) is 4.39 Å². The second kappa shape index (κ2) is 4.08. The summed E-state index contributed by atoms with van der Waals surface area (Å²) in [4.78, 5) is 0. The lowest BCUT2D eigenvalue weighted by molar-refractivity contribution is 0.474. The largest absolute Gasteiger partial charge is 0.424 e. The molecule has 78 valence electrons. The van der Waals surface area contributed by atoms with Crippen molar-refractivity contribution in [2.24, 2.45) is 0 Å². The Morgan fingerprint density at radius 2 is 2.27 bits per heavy atom. The van der Waals surface area contributed by atoms with Crippen molar-refractivity contribution >= 4 is 5.69 Å². The molecule has 0 unspecified atom stereocenters. The van der Waals surface area contributed by atoms with Gasteiger partial charge in [-0.05, 0) is 18.2 Å². The fourth-order valence-corrected chi connectivity index (χ4v) is 1.19. The van der Waals surface area contributed by atoms with Crippen molar-refractivity contribution in [1.29, 1.82) is 0 Å². The average molecular weight is 207 g/mol. The predicted molar refractivity (Wildman–Crippen MR) is 52.8 cm³/mol. The molecule has 0 spiro atoms. The second-order valence-corrected chi connectivity index (χ2v) is 3.08. The molecule has 0 saturated carbocycles. The fourth-order valence-electron chi connectivity index (χ4n) is 1.19. The zero-order valence-electron chi connectivity index (χ0n) is 8.20. The SMILES string of the molecule is Cc1nnc(CNc2cccc(F)c2)o1. The molecule has 1 N–H and O–H groups in total. The lowest BCUT2D eigenvalue weighted by atomic mass is 10.3. The maximum atomic E-state index is 12.8. The Bertz CT molecular complexity index is 455. The Hall–Kier alpha value is -1.91. The maximum Gasteiger partial charge on any atom is 0.235 e. The molecule has 4 nitrogen and oxygen atoms in total. The quantitative estimate of drug-likeness (QED) is 0.837. The van der Waals surface area contributed by atoms with Crippen LogP contribution in [0.5, 0.6) is 0 Å². The molecule has 1 aromatic carbocycles. The average Bonchev–Trinajstić information content (AvgIpc) is 2.62. The van der Waals surface area contributed by atoms with Crippen LogP contribution in [0.4, 0.5) is 10.1 Å². The summed E-state index contributed by atoms with van der Waals surface area (Å²) in [7, 11) is 0.